The largest absolute Gasteiger partial charge is 0.444 e. The minimum absolute atomic E-state index is 0. The van der Waals surface area contributed by atoms with E-state index in [-0.39, 0.29) is 33.1 Å². The molecule has 2 aromatic heterocycles. The summed E-state index contributed by atoms with van der Waals surface area (Å²) in [7, 11) is -6.08. The monoisotopic (exact) mass is 1630 g/mol. The minimum Gasteiger partial charge on any atom is -0.444 e. The molecule has 4 saturated carbocycles. The van der Waals surface area contributed by atoms with Crippen molar-refractivity contribution in [2.45, 2.75) is 255 Å². The molecule has 6 aliphatic rings. The van der Waals surface area contributed by atoms with Gasteiger partial charge in [0.2, 0.25) is 11.9 Å². The molecule has 0 radical (unpaired) electrons. The van der Waals surface area contributed by atoms with Gasteiger partial charge in [-0.25, -0.2) is 9.59 Å². The molecule has 6 fully saturated rings. The van der Waals surface area contributed by atoms with E-state index in [0.29, 0.717) is 119 Å². The van der Waals surface area contributed by atoms with Gasteiger partial charge in [0, 0.05) is 122 Å². The van der Waals surface area contributed by atoms with Crippen LogP contribution in [0.5, 0.6) is 0 Å². The van der Waals surface area contributed by atoms with Gasteiger partial charge in [0.15, 0.2) is 0 Å². The highest BCUT2D eigenvalue weighted by atomic mass is 79.9. The quantitative estimate of drug-likeness (QED) is 0.0160. The molecule has 4 heterocycles. The number of hydrogen-bond donors (Lipinski definition) is 6. The van der Waals surface area contributed by atoms with Crippen LogP contribution in [-0.2, 0) is 36.7 Å². The van der Waals surface area contributed by atoms with Crippen molar-refractivity contribution in [1.82, 2.24) is 50.2 Å². The molecule has 107 heavy (non-hydrogen) atoms. The molecule has 0 bridgehead atoms. The number of carbonyl (C=O) groups is 2. The number of aromatic nitrogens is 4. The van der Waals surface area contributed by atoms with Gasteiger partial charge in [0.05, 0.1) is 38.8 Å². The van der Waals surface area contributed by atoms with E-state index >= 15 is 0 Å². The van der Waals surface area contributed by atoms with Crippen molar-refractivity contribution >= 4 is 84.5 Å². The molecule has 2 aromatic rings. The highest BCUT2D eigenvalue weighted by Gasteiger charge is 2.34. The molecule has 0 spiro atoms. The Bertz CT molecular complexity index is 2850. The smallest absolute Gasteiger partial charge is 0.410 e. The number of halogens is 1. The first-order valence-corrected chi connectivity index (χ1v) is 49.7. The number of nitrogens with zero attached hydrogens (tertiary/aromatic N) is 10. The highest BCUT2D eigenvalue weighted by molar-refractivity contribution is 9.26. The number of nitrogens with two attached hydrogens (primary N) is 2. The molecule has 8 N–H and O–H groups in total. The lowest BCUT2D eigenvalue weighted by molar-refractivity contribution is 0.00900. The molecule has 2 saturated heterocycles. The van der Waals surface area contributed by atoms with Crippen LogP contribution in [0.15, 0.2) is 12.1 Å². The third-order valence-electron chi connectivity index (χ3n) is 20.2. The zero-order valence-electron chi connectivity index (χ0n) is 67.2. The van der Waals surface area contributed by atoms with Crippen LogP contribution in [0.3, 0.4) is 0 Å². The van der Waals surface area contributed by atoms with Gasteiger partial charge in [-0.1, -0.05) is 73.0 Å². The van der Waals surface area contributed by atoms with Gasteiger partial charge in [0.25, 0.3) is 0 Å². The second-order valence-electron chi connectivity index (χ2n) is 32.6. The summed E-state index contributed by atoms with van der Waals surface area (Å²) in [6.45, 7) is 40.9. The van der Waals surface area contributed by atoms with Crippen molar-refractivity contribution in [2.24, 2.45) is 23.7 Å². The number of nitrogen functional groups attached to an aromatic ring is 2. The number of carbonyl (C=O) groups excluding carboxylic acids is 2. The van der Waals surface area contributed by atoms with Gasteiger partial charge in [-0.05, 0) is 202 Å². The van der Waals surface area contributed by atoms with Gasteiger partial charge >= 0.3 is 27.4 Å². The molecule has 30 heteroatoms. The molecule has 26 nitrogen and oxygen atoms in total. The van der Waals surface area contributed by atoms with Crippen LogP contribution in [0.25, 0.3) is 0 Å². The number of piperazine rings is 2. The average Bonchev–Trinajstić information content (AvgIpc) is 0.840. The maximum absolute atomic E-state index is 13.5. The zero-order chi connectivity index (χ0) is 76.5. The molecule has 4 aliphatic carbocycles. The third-order valence-corrected chi connectivity index (χ3v) is 24.3. The van der Waals surface area contributed by atoms with E-state index in [2.05, 4.69) is 85.8 Å². The second kappa shape index (κ2) is 49.1. The van der Waals surface area contributed by atoms with Gasteiger partial charge in [-0.15, -0.1) is 15.3 Å². The fourth-order valence-electron chi connectivity index (χ4n) is 14.8. The van der Waals surface area contributed by atoms with Gasteiger partial charge in [0.1, 0.15) is 41.2 Å². The van der Waals surface area contributed by atoms with Crippen molar-refractivity contribution in [3.8, 4) is 0 Å². The normalized spacial score (nSPS) is 20.4. The van der Waals surface area contributed by atoms with Crippen LogP contribution in [0, 0.1) is 23.7 Å². The maximum Gasteiger partial charge on any atom is 0.410 e. The maximum atomic E-state index is 13.5. The van der Waals surface area contributed by atoms with E-state index in [1.165, 1.54) is 70.6 Å². The van der Waals surface area contributed by atoms with E-state index in [1.54, 1.807) is 0 Å². The number of nitrogens with one attached hydrogen (secondary N) is 4. The fourth-order valence-corrected chi connectivity index (χ4v) is 18.1. The Balaban J connectivity index is 0.000000431. The summed E-state index contributed by atoms with van der Waals surface area (Å²) >= 11 is 3.51. The zero-order valence-corrected chi connectivity index (χ0v) is 71.6. The Morgan fingerprint density at radius 2 is 0.935 bits per heavy atom. The average molecular weight is 1630 g/mol. The Morgan fingerprint density at radius 3 is 1.35 bits per heavy atom. The van der Waals surface area contributed by atoms with Crippen LogP contribution >= 0.6 is 30.5 Å². The second-order valence-corrected chi connectivity index (χ2v) is 48.3. The first kappa shape index (κ1) is 95.7. The van der Waals surface area contributed by atoms with E-state index in [1.807, 2.05) is 91.2 Å². The lowest BCUT2D eigenvalue weighted by Crippen LogP contribution is -2.47. The van der Waals surface area contributed by atoms with Crippen LogP contribution in [0.1, 0.15) is 213 Å². The van der Waals surface area contributed by atoms with Crippen molar-refractivity contribution in [2.75, 3.05) is 188 Å². The van der Waals surface area contributed by atoms with E-state index in [4.69, 9.17) is 49.0 Å². The highest BCUT2D eigenvalue weighted by Crippen LogP contribution is 2.49. The Labute approximate surface area is 657 Å². The van der Waals surface area contributed by atoms with E-state index in [9.17, 15) is 18.7 Å². The summed E-state index contributed by atoms with van der Waals surface area (Å²) in [5, 5.41) is 14.4. The molecule has 8 rings (SSSR count). The topological polar surface area (TPSA) is 295 Å². The standard InChI is InChI=1S/C41H75N8O7P.C31H59N8O3P.C3H9BrSi.2CH4/c1-9-53-57(52,54-10-2)28-27-46-23-25-47(26-24-46)36-29-35(42)44-37(45-36)43-30-32-17-19-33(20-18-32)31-48(38(50)55-40(3,4)5)21-14-22-49(34-15-12-11-13-16-34)39(51)56-41(6,7)8;1-3-41-43(40,42-4-2)22-21-38-17-19-39(20-18-38)30-23-29(32)36-31(37-30)35-25-27-13-11-26(12-14-27)24-33-15-8-16-34-28-9-6-5-7-10-28;1-5(2,3)4;;/h29,32-34H,9-28,30-31H2,1-8H3,(H3,42,43,44,45);23,26-28,33-34H,3-22,24-25H2,1-2H3,(H3,32,35,36,37);1-3H3;2*1H4. The number of rotatable bonds is 36. The lowest BCUT2D eigenvalue weighted by atomic mass is 9.81. The molecule has 0 aromatic carbocycles. The summed E-state index contributed by atoms with van der Waals surface area (Å²) in [6, 6.07) is 4.64. The first-order valence-electron chi connectivity index (χ1n) is 40.5. The summed E-state index contributed by atoms with van der Waals surface area (Å²) < 4.78 is 59.2. The third kappa shape index (κ3) is 38.6. The van der Waals surface area contributed by atoms with Crippen LogP contribution in [0.4, 0.5) is 44.8 Å². The molecule has 620 valence electrons. The number of anilines is 6. The predicted octanol–water partition coefficient (Wildman–Crippen LogP) is 15.9. The summed E-state index contributed by atoms with van der Waals surface area (Å²) in [4.78, 5) is 58.3. The van der Waals surface area contributed by atoms with Crippen LogP contribution < -0.4 is 42.5 Å². The lowest BCUT2D eigenvalue weighted by Gasteiger charge is -2.37. The minimum atomic E-state index is -3.07. The van der Waals surface area contributed by atoms with Crippen molar-refractivity contribution < 1.29 is 46.3 Å². The summed E-state index contributed by atoms with van der Waals surface area (Å²) in [6.07, 6.45) is 23.7. The molecule has 2 aliphatic heterocycles. The number of ether oxygens (including phenoxy) is 2. The first-order chi connectivity index (χ1) is 49.9. The molecule has 2 amide bonds. The number of hydrogen-bond acceptors (Lipinski definition) is 24. The van der Waals surface area contributed by atoms with Gasteiger partial charge in [-0.3, -0.25) is 18.9 Å². The van der Waals surface area contributed by atoms with Crippen LogP contribution in [0.2, 0.25) is 19.6 Å². The fraction of sp³-hybridized carbons (Fsp3) is 0.870. The van der Waals surface area contributed by atoms with Crippen molar-refractivity contribution in [3.05, 3.63) is 12.1 Å². The van der Waals surface area contributed by atoms with Crippen LogP contribution in [-0.4, -0.2) is 238 Å². The van der Waals surface area contributed by atoms with Gasteiger partial charge in [-0.2, -0.15) is 19.9 Å². The molecule has 0 unspecified atom stereocenters. The van der Waals surface area contributed by atoms with Crippen molar-refractivity contribution in [3.63, 3.8) is 0 Å². The van der Waals surface area contributed by atoms with Crippen molar-refractivity contribution in [1.29, 1.82) is 0 Å². The Hall–Kier alpha value is -3.66. The van der Waals surface area contributed by atoms with Gasteiger partial charge < -0.3 is 79.9 Å². The molecular weight excluding hydrogens is 1480 g/mol. The predicted molar refractivity (Wildman–Crippen MR) is 450 cm³/mol. The summed E-state index contributed by atoms with van der Waals surface area (Å²) in [5.74, 6) is 6.02. The Kier molecular flexibility index (Phi) is 43.9. The Morgan fingerprint density at radius 1 is 0.542 bits per heavy atom. The molecule has 0 atom stereocenters. The SMILES string of the molecule is C.C.CCOP(=O)(CCN1CCN(c2cc(N)nc(NCC3CCC(CN(CCCN(C(=O)OC(C)(C)C)C4CCCCC4)C(=O)OC(C)(C)C)CC3)n2)CC1)OCC.CCOP(=O)(CCN1CCN(c2cc(N)nc(NCC3CCC(CNCCCNC4CCCCC4)CC3)n2)CC1)OCC.C[Si](C)(C)Br. The van der Waals surface area contributed by atoms with E-state index in [0.717, 1.165) is 160 Å². The summed E-state index contributed by atoms with van der Waals surface area (Å²) in [5.41, 5.74) is 11.3. The molecular formula is C77H151BrN16O10P2Si. The van der Waals surface area contributed by atoms with E-state index < -0.39 is 33.1 Å². The number of amides is 2.